The summed E-state index contributed by atoms with van der Waals surface area (Å²) in [6, 6.07) is 0. The summed E-state index contributed by atoms with van der Waals surface area (Å²) in [5.74, 6) is 0. The van der Waals surface area contributed by atoms with Gasteiger partial charge in [0, 0.05) is 0 Å². The highest BCUT2D eigenvalue weighted by molar-refractivity contribution is 7.81. The zero-order chi connectivity index (χ0) is 12.3. The maximum Gasteiger partial charge on any atom is 0.437 e. The molecule has 0 heterocycles. The lowest BCUT2D eigenvalue weighted by Gasteiger charge is -2.01. The van der Waals surface area contributed by atoms with Gasteiger partial charge in [-0.15, -0.1) is 0 Å². The Morgan fingerprint density at radius 2 is 1.31 bits per heavy atom. The summed E-state index contributed by atoms with van der Waals surface area (Å²) in [6.07, 6.45) is 10.2. The van der Waals surface area contributed by atoms with Crippen LogP contribution in [0.1, 0.15) is 64.7 Å². The minimum Gasteiger partial charge on any atom is -0.245 e. The van der Waals surface area contributed by atoms with Crippen LogP contribution in [-0.4, -0.2) is 15.0 Å². The molecule has 0 saturated carbocycles. The Bertz CT molecular complexity index is 240. The Kier molecular flexibility index (Phi) is 9.92. The van der Waals surface area contributed by atoms with E-state index in [9.17, 15) is 12.3 Å². The Hall–Kier alpha value is -0.160. The molecule has 0 atom stereocenters. The highest BCUT2D eigenvalue weighted by atomic mass is 32.3. The van der Waals surface area contributed by atoms with E-state index in [1.165, 1.54) is 38.5 Å². The van der Waals surface area contributed by atoms with Gasteiger partial charge in [-0.3, -0.25) is 0 Å². The van der Waals surface area contributed by atoms with Crippen LogP contribution in [0, 0.1) is 0 Å². The van der Waals surface area contributed by atoms with Crippen LogP contribution in [0.25, 0.3) is 0 Å². The number of hydrogen-bond donors (Lipinski definition) is 0. The summed E-state index contributed by atoms with van der Waals surface area (Å²) >= 11 is 0. The predicted molar refractivity (Wildman–Crippen MR) is 63.2 cm³/mol. The van der Waals surface area contributed by atoms with Crippen molar-refractivity contribution >= 4 is 10.5 Å². The van der Waals surface area contributed by atoms with Crippen molar-refractivity contribution in [2.75, 3.05) is 6.61 Å². The Morgan fingerprint density at radius 1 is 0.875 bits per heavy atom. The summed E-state index contributed by atoms with van der Waals surface area (Å²) in [6.45, 7) is 2.16. The van der Waals surface area contributed by atoms with Gasteiger partial charge in [0.15, 0.2) is 0 Å². The normalized spacial score (nSPS) is 11.9. The van der Waals surface area contributed by atoms with Crippen molar-refractivity contribution < 1.29 is 16.5 Å². The van der Waals surface area contributed by atoms with Gasteiger partial charge >= 0.3 is 10.5 Å². The van der Waals surface area contributed by atoms with E-state index in [0.29, 0.717) is 6.42 Å². The van der Waals surface area contributed by atoms with Crippen molar-refractivity contribution in [1.82, 2.24) is 0 Å². The molecule has 0 saturated heterocycles. The molecule has 0 aliphatic carbocycles. The van der Waals surface area contributed by atoms with E-state index >= 15 is 0 Å². The van der Waals surface area contributed by atoms with Gasteiger partial charge < -0.3 is 0 Å². The fourth-order valence-electron chi connectivity index (χ4n) is 1.57. The lowest BCUT2D eigenvalue weighted by molar-refractivity contribution is 0.284. The smallest absolute Gasteiger partial charge is 0.245 e. The number of rotatable bonds is 11. The quantitative estimate of drug-likeness (QED) is 0.416. The fourth-order valence-corrected chi connectivity index (χ4v) is 1.89. The van der Waals surface area contributed by atoms with Crippen LogP contribution < -0.4 is 0 Å². The van der Waals surface area contributed by atoms with Crippen molar-refractivity contribution in [3.05, 3.63) is 0 Å². The third-order valence-electron chi connectivity index (χ3n) is 2.47. The zero-order valence-corrected chi connectivity index (χ0v) is 10.9. The standard InChI is InChI=1S/C11H23FO3S/c1-2-3-4-5-6-7-8-9-10-11-15-16(12,13)14/h2-11H2,1H3. The number of halogens is 1. The number of hydrogen-bond acceptors (Lipinski definition) is 3. The van der Waals surface area contributed by atoms with Gasteiger partial charge in [0.2, 0.25) is 0 Å². The first kappa shape index (κ1) is 15.8. The van der Waals surface area contributed by atoms with Gasteiger partial charge in [0.25, 0.3) is 0 Å². The van der Waals surface area contributed by atoms with Crippen molar-refractivity contribution in [1.29, 1.82) is 0 Å². The third-order valence-corrected chi connectivity index (χ3v) is 2.92. The first-order valence-electron chi connectivity index (χ1n) is 6.15. The van der Waals surface area contributed by atoms with Crippen LogP contribution in [0.4, 0.5) is 3.89 Å². The molecule has 0 radical (unpaired) electrons. The average Bonchev–Trinajstić information content (AvgIpc) is 2.19. The predicted octanol–water partition coefficient (Wildman–Crippen LogP) is 3.75. The van der Waals surface area contributed by atoms with Crippen molar-refractivity contribution in [2.45, 2.75) is 64.7 Å². The lowest BCUT2D eigenvalue weighted by atomic mass is 10.1. The van der Waals surface area contributed by atoms with E-state index in [4.69, 9.17) is 0 Å². The van der Waals surface area contributed by atoms with Crippen molar-refractivity contribution in [3.63, 3.8) is 0 Å². The Labute approximate surface area is 98.8 Å². The summed E-state index contributed by atoms with van der Waals surface area (Å²) in [5.41, 5.74) is 0. The third kappa shape index (κ3) is 13.8. The van der Waals surface area contributed by atoms with Gasteiger partial charge in [0.05, 0.1) is 6.61 Å². The number of unbranched alkanes of at least 4 members (excludes halogenated alkanes) is 8. The van der Waals surface area contributed by atoms with Gasteiger partial charge in [0.1, 0.15) is 0 Å². The molecule has 0 aromatic rings. The van der Waals surface area contributed by atoms with E-state index in [-0.39, 0.29) is 6.61 Å². The van der Waals surface area contributed by atoms with E-state index in [1.54, 1.807) is 0 Å². The van der Waals surface area contributed by atoms with E-state index < -0.39 is 10.5 Å². The molecule has 0 aromatic carbocycles. The van der Waals surface area contributed by atoms with Crippen LogP contribution in [0.2, 0.25) is 0 Å². The summed E-state index contributed by atoms with van der Waals surface area (Å²) < 4.78 is 35.8. The second kappa shape index (κ2) is 10.0. The molecule has 0 bridgehead atoms. The van der Waals surface area contributed by atoms with Gasteiger partial charge in [-0.05, 0) is 6.42 Å². The minimum absolute atomic E-state index is 0.0331. The highest BCUT2D eigenvalue weighted by Gasteiger charge is 2.05. The van der Waals surface area contributed by atoms with E-state index in [1.807, 2.05) is 0 Å². The van der Waals surface area contributed by atoms with Crippen LogP contribution in [0.5, 0.6) is 0 Å². The molecular weight excluding hydrogens is 231 g/mol. The van der Waals surface area contributed by atoms with E-state index in [2.05, 4.69) is 11.1 Å². The monoisotopic (exact) mass is 254 g/mol. The second-order valence-electron chi connectivity index (χ2n) is 4.04. The molecule has 0 aliphatic rings. The van der Waals surface area contributed by atoms with Crippen LogP contribution in [0.3, 0.4) is 0 Å². The summed E-state index contributed by atoms with van der Waals surface area (Å²) in [7, 11) is -4.73. The molecule has 0 N–H and O–H groups in total. The largest absolute Gasteiger partial charge is 0.437 e. The molecule has 16 heavy (non-hydrogen) atoms. The molecule has 0 fully saturated rings. The molecule has 3 nitrogen and oxygen atoms in total. The van der Waals surface area contributed by atoms with Crippen molar-refractivity contribution in [2.24, 2.45) is 0 Å². The first-order valence-corrected chi connectivity index (χ1v) is 7.46. The molecule has 0 unspecified atom stereocenters. The van der Waals surface area contributed by atoms with E-state index in [0.717, 1.165) is 12.8 Å². The molecule has 0 spiro atoms. The summed E-state index contributed by atoms with van der Waals surface area (Å²) in [5, 5.41) is 0. The summed E-state index contributed by atoms with van der Waals surface area (Å²) in [4.78, 5) is 0. The highest BCUT2D eigenvalue weighted by Crippen LogP contribution is 2.09. The Balaban J connectivity index is 3.05. The molecular formula is C11H23FO3S. The van der Waals surface area contributed by atoms with Crippen LogP contribution in [0.15, 0.2) is 0 Å². The molecule has 0 aliphatic heterocycles. The minimum atomic E-state index is -4.73. The molecule has 5 heteroatoms. The maximum absolute atomic E-state index is 11.9. The maximum atomic E-state index is 11.9. The zero-order valence-electron chi connectivity index (χ0n) is 10.1. The molecule has 98 valence electrons. The molecule has 0 amide bonds. The SMILES string of the molecule is CCCCCCCCCCCOS(=O)(=O)F. The topological polar surface area (TPSA) is 43.4 Å². The molecule has 0 rings (SSSR count). The van der Waals surface area contributed by atoms with Crippen molar-refractivity contribution in [3.8, 4) is 0 Å². The lowest BCUT2D eigenvalue weighted by Crippen LogP contribution is -2.00. The van der Waals surface area contributed by atoms with Gasteiger partial charge in [-0.1, -0.05) is 62.2 Å². The van der Waals surface area contributed by atoms with Crippen LogP contribution >= 0.6 is 0 Å². The van der Waals surface area contributed by atoms with Gasteiger partial charge in [-0.2, -0.15) is 8.42 Å². The molecule has 0 aromatic heterocycles. The Morgan fingerprint density at radius 3 is 1.75 bits per heavy atom. The fraction of sp³-hybridized carbons (Fsp3) is 1.00. The second-order valence-corrected chi connectivity index (χ2v) is 5.07. The van der Waals surface area contributed by atoms with Crippen LogP contribution in [-0.2, 0) is 14.7 Å². The first-order chi connectivity index (χ1) is 7.56. The average molecular weight is 254 g/mol. The van der Waals surface area contributed by atoms with Gasteiger partial charge in [-0.25, -0.2) is 4.18 Å².